The quantitative estimate of drug-likeness (QED) is 0.527. The number of Topliss-reactive ketones (excluding diaryl/α,β-unsaturated/α-hetero) is 1. The smallest absolute Gasteiger partial charge is 0.331 e. The zero-order chi connectivity index (χ0) is 9.23. The zero-order valence-electron chi connectivity index (χ0n) is 6.30. The van der Waals surface area contributed by atoms with Gasteiger partial charge in [0.05, 0.1) is 4.83 Å². The van der Waals surface area contributed by atoms with Gasteiger partial charge in [-0.15, -0.1) is 0 Å². The number of hydrogen-bond acceptors (Lipinski definition) is 3. The van der Waals surface area contributed by atoms with Crippen LogP contribution in [0.3, 0.4) is 0 Å². The first kappa shape index (κ1) is 10.6. The highest BCUT2D eigenvalue weighted by Crippen LogP contribution is 2.10. The lowest BCUT2D eigenvalue weighted by molar-refractivity contribution is -0.147. The first-order chi connectivity index (χ1) is 4.80. The van der Waals surface area contributed by atoms with Crippen LogP contribution in [0.1, 0.15) is 13.8 Å². The number of carboxylic acid groups (broad SMARTS) is 1. The lowest BCUT2D eigenvalue weighted by Crippen LogP contribution is -2.54. The minimum absolute atomic E-state index is 0.534. The fourth-order valence-corrected chi connectivity index (χ4v) is 0.994. The van der Waals surface area contributed by atoms with Gasteiger partial charge < -0.3 is 10.8 Å². The molecule has 0 radical (unpaired) electrons. The molecule has 0 bridgehead atoms. The maximum Gasteiger partial charge on any atom is 0.331 e. The SMILES string of the molecule is CC(Br)C(=O)[C@](C)(N)C(=O)O. The minimum Gasteiger partial charge on any atom is -0.480 e. The minimum atomic E-state index is -1.79. The average molecular weight is 224 g/mol. The van der Waals surface area contributed by atoms with Crippen LogP contribution < -0.4 is 5.73 Å². The summed E-state index contributed by atoms with van der Waals surface area (Å²) in [6.45, 7) is 2.71. The van der Waals surface area contributed by atoms with Gasteiger partial charge in [-0.25, -0.2) is 4.79 Å². The molecular weight excluding hydrogens is 214 g/mol. The summed E-state index contributed by atoms with van der Waals surface area (Å²) in [6, 6.07) is 0. The van der Waals surface area contributed by atoms with Crippen molar-refractivity contribution in [3.05, 3.63) is 0 Å². The molecule has 0 saturated heterocycles. The average Bonchev–Trinajstić information content (AvgIpc) is 1.85. The Balaban J connectivity index is 4.56. The standard InChI is InChI=1S/C6H10BrNO3/c1-3(7)4(9)6(2,8)5(10)11/h3H,8H2,1-2H3,(H,10,11)/t3?,6-/m0/s1. The molecule has 5 heteroatoms. The number of nitrogens with two attached hydrogens (primary N) is 1. The molecule has 0 aromatic carbocycles. The molecule has 4 nitrogen and oxygen atoms in total. The summed E-state index contributed by atoms with van der Waals surface area (Å²) < 4.78 is 0. The lowest BCUT2D eigenvalue weighted by Gasteiger charge is -2.18. The van der Waals surface area contributed by atoms with Gasteiger partial charge in [0, 0.05) is 0 Å². The fraction of sp³-hybridized carbons (Fsp3) is 0.667. The first-order valence-corrected chi connectivity index (χ1v) is 3.92. The van der Waals surface area contributed by atoms with E-state index in [4.69, 9.17) is 10.8 Å². The second-order valence-electron chi connectivity index (χ2n) is 2.49. The summed E-state index contributed by atoms with van der Waals surface area (Å²) in [5.74, 6) is -1.85. The van der Waals surface area contributed by atoms with E-state index in [-0.39, 0.29) is 0 Å². The molecule has 0 aliphatic carbocycles. The van der Waals surface area contributed by atoms with Crippen LogP contribution in [-0.2, 0) is 9.59 Å². The summed E-state index contributed by atoms with van der Waals surface area (Å²) in [5, 5.41) is 8.49. The van der Waals surface area contributed by atoms with Crippen molar-refractivity contribution in [2.75, 3.05) is 0 Å². The summed E-state index contributed by atoms with van der Waals surface area (Å²) >= 11 is 2.95. The molecular formula is C6H10BrNO3. The van der Waals surface area contributed by atoms with Crippen molar-refractivity contribution in [2.45, 2.75) is 24.2 Å². The Morgan fingerprint density at radius 2 is 2.00 bits per heavy atom. The van der Waals surface area contributed by atoms with Gasteiger partial charge in [0.1, 0.15) is 0 Å². The summed E-state index contributed by atoms with van der Waals surface area (Å²) in [7, 11) is 0. The van der Waals surface area contributed by atoms with E-state index in [0.29, 0.717) is 0 Å². The van der Waals surface area contributed by atoms with Gasteiger partial charge in [0.2, 0.25) is 0 Å². The predicted octanol–water partition coefficient (Wildman–Crippen LogP) is 0.141. The topological polar surface area (TPSA) is 80.4 Å². The maximum atomic E-state index is 11.1. The van der Waals surface area contributed by atoms with E-state index < -0.39 is 22.1 Å². The van der Waals surface area contributed by atoms with Gasteiger partial charge >= 0.3 is 5.97 Å². The third-order valence-corrected chi connectivity index (χ3v) is 1.73. The van der Waals surface area contributed by atoms with Gasteiger partial charge in [-0.3, -0.25) is 4.79 Å². The van der Waals surface area contributed by atoms with Gasteiger partial charge in [-0.05, 0) is 13.8 Å². The number of halogens is 1. The Bertz CT molecular complexity index is 188. The summed E-state index contributed by atoms with van der Waals surface area (Å²) in [6.07, 6.45) is 0. The maximum absolute atomic E-state index is 11.1. The van der Waals surface area contributed by atoms with Crippen molar-refractivity contribution < 1.29 is 14.7 Å². The summed E-state index contributed by atoms with van der Waals surface area (Å²) in [4.78, 5) is 20.9. The molecule has 64 valence electrons. The van der Waals surface area contributed by atoms with Crippen LogP contribution in [0, 0.1) is 0 Å². The Labute approximate surface area is 72.9 Å². The number of hydrogen-bond donors (Lipinski definition) is 2. The Morgan fingerprint density at radius 3 is 2.09 bits per heavy atom. The third-order valence-electron chi connectivity index (χ3n) is 1.32. The Hall–Kier alpha value is -0.420. The molecule has 1 unspecified atom stereocenters. The van der Waals surface area contributed by atoms with Crippen molar-refractivity contribution in [1.82, 2.24) is 0 Å². The molecule has 0 aromatic rings. The van der Waals surface area contributed by atoms with Crippen molar-refractivity contribution in [1.29, 1.82) is 0 Å². The molecule has 0 aliphatic rings. The van der Waals surface area contributed by atoms with E-state index in [0.717, 1.165) is 0 Å². The molecule has 0 aliphatic heterocycles. The molecule has 2 atom stereocenters. The van der Waals surface area contributed by atoms with Crippen molar-refractivity contribution >= 4 is 27.7 Å². The molecule has 11 heavy (non-hydrogen) atoms. The second-order valence-corrected chi connectivity index (χ2v) is 3.86. The number of aliphatic carboxylic acids is 1. The molecule has 0 rings (SSSR count). The van der Waals surface area contributed by atoms with E-state index in [9.17, 15) is 9.59 Å². The van der Waals surface area contributed by atoms with Crippen molar-refractivity contribution in [3.8, 4) is 0 Å². The fourth-order valence-electron chi connectivity index (χ4n) is 0.519. The van der Waals surface area contributed by atoms with Gasteiger partial charge in [-0.1, -0.05) is 15.9 Å². The van der Waals surface area contributed by atoms with Crippen molar-refractivity contribution in [2.24, 2.45) is 5.73 Å². The van der Waals surface area contributed by atoms with Gasteiger partial charge in [0.25, 0.3) is 0 Å². The second kappa shape index (κ2) is 3.32. The van der Waals surface area contributed by atoms with Gasteiger partial charge in [-0.2, -0.15) is 0 Å². The molecule has 0 amide bonds. The number of carbonyl (C=O) groups is 2. The lowest BCUT2D eigenvalue weighted by atomic mass is 9.96. The zero-order valence-corrected chi connectivity index (χ0v) is 7.88. The Morgan fingerprint density at radius 1 is 1.64 bits per heavy atom. The van der Waals surface area contributed by atoms with Crippen molar-refractivity contribution in [3.63, 3.8) is 0 Å². The highest BCUT2D eigenvalue weighted by molar-refractivity contribution is 9.10. The van der Waals surface area contributed by atoms with Crippen LogP contribution in [0.4, 0.5) is 0 Å². The van der Waals surface area contributed by atoms with Crippen LogP contribution in [0.25, 0.3) is 0 Å². The number of ketones is 1. The van der Waals surface area contributed by atoms with Crippen LogP contribution in [0.15, 0.2) is 0 Å². The van der Waals surface area contributed by atoms with Crippen LogP contribution in [0.5, 0.6) is 0 Å². The largest absolute Gasteiger partial charge is 0.480 e. The number of carboxylic acids is 1. The predicted molar refractivity (Wildman–Crippen MR) is 43.6 cm³/mol. The van der Waals surface area contributed by atoms with E-state index in [1.807, 2.05) is 0 Å². The van der Waals surface area contributed by atoms with Gasteiger partial charge in [0.15, 0.2) is 11.3 Å². The molecule has 0 heterocycles. The molecule has 0 aromatic heterocycles. The first-order valence-electron chi connectivity index (χ1n) is 3.00. The third kappa shape index (κ3) is 2.27. The highest BCUT2D eigenvalue weighted by Gasteiger charge is 2.38. The number of alkyl halides is 1. The molecule has 0 saturated carbocycles. The molecule has 0 fully saturated rings. The summed E-state index contributed by atoms with van der Waals surface area (Å²) in [5.41, 5.74) is 3.44. The van der Waals surface area contributed by atoms with E-state index in [1.165, 1.54) is 13.8 Å². The number of rotatable bonds is 3. The number of carbonyl (C=O) groups excluding carboxylic acids is 1. The highest BCUT2D eigenvalue weighted by atomic mass is 79.9. The van der Waals surface area contributed by atoms with E-state index in [2.05, 4.69) is 15.9 Å². The molecule has 3 N–H and O–H groups in total. The molecule has 0 spiro atoms. The normalized spacial score (nSPS) is 18.5. The van der Waals surface area contributed by atoms with Crippen LogP contribution in [0.2, 0.25) is 0 Å². The van der Waals surface area contributed by atoms with E-state index in [1.54, 1.807) is 0 Å². The van der Waals surface area contributed by atoms with E-state index >= 15 is 0 Å². The Kier molecular flexibility index (Phi) is 3.19. The van der Waals surface area contributed by atoms with Crippen LogP contribution >= 0.6 is 15.9 Å². The monoisotopic (exact) mass is 223 g/mol. The van der Waals surface area contributed by atoms with Crippen LogP contribution in [-0.4, -0.2) is 27.2 Å².